The van der Waals surface area contributed by atoms with Gasteiger partial charge in [-0.25, -0.2) is 4.98 Å². The van der Waals surface area contributed by atoms with Gasteiger partial charge < -0.3 is 5.32 Å². The maximum atomic E-state index is 4.71. The molecule has 3 heteroatoms. The summed E-state index contributed by atoms with van der Waals surface area (Å²) in [4.78, 5) is 4.71. The van der Waals surface area contributed by atoms with E-state index in [1.165, 1.54) is 42.9 Å². The quantitative estimate of drug-likeness (QED) is 0.782. The van der Waals surface area contributed by atoms with Gasteiger partial charge in [-0.15, -0.1) is 11.3 Å². The minimum atomic E-state index is 0.559. The Morgan fingerprint density at radius 3 is 3.00 bits per heavy atom. The predicted molar refractivity (Wildman–Crippen MR) is 54.1 cm³/mol. The third kappa shape index (κ3) is 1.51. The first-order valence-electron chi connectivity index (χ1n) is 5.12. The average Bonchev–Trinajstić information content (AvgIpc) is 2.72. The molecular formula is C10H14N2S. The molecule has 2 aliphatic rings. The average molecular weight is 194 g/mol. The number of nitrogens with one attached hydrogen (secondary N) is 1. The Balaban J connectivity index is 1.79. The van der Waals surface area contributed by atoms with E-state index in [2.05, 4.69) is 10.7 Å². The van der Waals surface area contributed by atoms with E-state index in [0.717, 1.165) is 5.92 Å². The number of rotatable bonds is 2. The maximum absolute atomic E-state index is 4.71. The van der Waals surface area contributed by atoms with Gasteiger partial charge in [-0.1, -0.05) is 0 Å². The number of nitrogens with zero attached hydrogens (tertiary/aromatic N) is 1. The number of thiazole rings is 1. The van der Waals surface area contributed by atoms with Crippen LogP contribution in [-0.4, -0.2) is 11.5 Å². The summed E-state index contributed by atoms with van der Waals surface area (Å²) in [6.45, 7) is 1.17. The molecule has 1 saturated heterocycles. The van der Waals surface area contributed by atoms with Crippen LogP contribution in [0.25, 0.3) is 0 Å². The van der Waals surface area contributed by atoms with Crippen LogP contribution in [0, 0.1) is 0 Å². The van der Waals surface area contributed by atoms with Gasteiger partial charge in [-0.3, -0.25) is 0 Å². The molecule has 1 aromatic heterocycles. The lowest BCUT2D eigenvalue weighted by Gasteiger charge is -2.04. The summed E-state index contributed by atoms with van der Waals surface area (Å²) in [5.41, 5.74) is 1.30. The molecule has 1 atom stereocenters. The largest absolute Gasteiger partial charge is 0.309 e. The number of hydrogen-bond acceptors (Lipinski definition) is 3. The summed E-state index contributed by atoms with van der Waals surface area (Å²) in [7, 11) is 0. The van der Waals surface area contributed by atoms with Gasteiger partial charge in [0.15, 0.2) is 0 Å². The van der Waals surface area contributed by atoms with Crippen molar-refractivity contribution in [2.75, 3.05) is 6.54 Å². The van der Waals surface area contributed by atoms with Crippen LogP contribution in [0.3, 0.4) is 0 Å². The van der Waals surface area contributed by atoms with Crippen molar-refractivity contribution in [3.8, 4) is 0 Å². The van der Waals surface area contributed by atoms with Crippen molar-refractivity contribution in [1.29, 1.82) is 0 Å². The monoisotopic (exact) mass is 194 g/mol. The molecule has 1 saturated carbocycles. The Hall–Kier alpha value is -0.410. The fourth-order valence-electron chi connectivity index (χ4n) is 1.92. The van der Waals surface area contributed by atoms with E-state index >= 15 is 0 Å². The van der Waals surface area contributed by atoms with Crippen LogP contribution in [0.1, 0.15) is 48.3 Å². The third-order valence-corrected chi connectivity index (χ3v) is 3.91. The van der Waals surface area contributed by atoms with Gasteiger partial charge in [-0.2, -0.15) is 0 Å². The summed E-state index contributed by atoms with van der Waals surface area (Å²) in [6, 6.07) is 0.559. The summed E-state index contributed by atoms with van der Waals surface area (Å²) in [5.74, 6) is 0.820. The van der Waals surface area contributed by atoms with Crippen molar-refractivity contribution in [3.05, 3.63) is 16.1 Å². The van der Waals surface area contributed by atoms with Gasteiger partial charge in [0.05, 0.1) is 16.7 Å². The van der Waals surface area contributed by atoms with Gasteiger partial charge in [0.25, 0.3) is 0 Å². The normalized spacial score (nSPS) is 28.2. The summed E-state index contributed by atoms with van der Waals surface area (Å²) >= 11 is 1.86. The lowest BCUT2D eigenvalue weighted by molar-refractivity contribution is 0.629. The zero-order chi connectivity index (χ0) is 8.67. The van der Waals surface area contributed by atoms with Gasteiger partial charge in [-0.05, 0) is 32.2 Å². The maximum Gasteiger partial charge on any atom is 0.0959 e. The molecule has 1 aromatic rings. The molecule has 0 radical (unpaired) electrons. The molecule has 70 valence electrons. The summed E-state index contributed by atoms with van der Waals surface area (Å²) in [5, 5.41) is 7.11. The zero-order valence-corrected chi connectivity index (χ0v) is 8.44. The highest BCUT2D eigenvalue weighted by molar-refractivity contribution is 7.09. The molecule has 1 aliphatic carbocycles. The first-order valence-corrected chi connectivity index (χ1v) is 6.00. The Morgan fingerprint density at radius 1 is 1.38 bits per heavy atom. The van der Waals surface area contributed by atoms with Crippen LogP contribution < -0.4 is 5.32 Å². The van der Waals surface area contributed by atoms with Gasteiger partial charge >= 0.3 is 0 Å². The van der Waals surface area contributed by atoms with E-state index in [-0.39, 0.29) is 0 Å². The van der Waals surface area contributed by atoms with Crippen molar-refractivity contribution in [2.24, 2.45) is 0 Å². The molecule has 0 amide bonds. The van der Waals surface area contributed by atoms with E-state index in [1.54, 1.807) is 0 Å². The van der Waals surface area contributed by atoms with Crippen LogP contribution in [0.4, 0.5) is 0 Å². The van der Waals surface area contributed by atoms with E-state index in [4.69, 9.17) is 4.98 Å². The van der Waals surface area contributed by atoms with E-state index in [0.29, 0.717) is 6.04 Å². The van der Waals surface area contributed by atoms with Crippen molar-refractivity contribution >= 4 is 11.3 Å². The second-order valence-corrected chi connectivity index (χ2v) is 4.92. The molecular weight excluding hydrogens is 180 g/mol. The molecule has 0 bridgehead atoms. The van der Waals surface area contributed by atoms with E-state index in [1.807, 2.05) is 11.3 Å². The van der Waals surface area contributed by atoms with Crippen LogP contribution in [-0.2, 0) is 0 Å². The second kappa shape index (κ2) is 3.07. The minimum Gasteiger partial charge on any atom is -0.309 e. The first-order chi connectivity index (χ1) is 6.43. The predicted octanol–water partition coefficient (Wildman–Crippen LogP) is 2.44. The highest BCUT2D eigenvalue weighted by Gasteiger charge is 2.28. The van der Waals surface area contributed by atoms with Crippen molar-refractivity contribution in [3.63, 3.8) is 0 Å². The number of hydrogen-bond donors (Lipinski definition) is 1. The molecule has 2 heterocycles. The van der Waals surface area contributed by atoms with Gasteiger partial charge in [0.2, 0.25) is 0 Å². The van der Waals surface area contributed by atoms with Crippen LogP contribution >= 0.6 is 11.3 Å². The van der Waals surface area contributed by atoms with Gasteiger partial charge in [0.1, 0.15) is 0 Å². The fourth-order valence-corrected chi connectivity index (χ4v) is 2.96. The topological polar surface area (TPSA) is 24.9 Å². The Morgan fingerprint density at radius 2 is 2.31 bits per heavy atom. The zero-order valence-electron chi connectivity index (χ0n) is 7.62. The van der Waals surface area contributed by atoms with Crippen LogP contribution in [0.15, 0.2) is 5.38 Å². The SMILES string of the molecule is c1sc(C2CC2)nc1C1CCCN1. The highest BCUT2D eigenvalue weighted by atomic mass is 32.1. The molecule has 13 heavy (non-hydrogen) atoms. The lowest BCUT2D eigenvalue weighted by Crippen LogP contribution is -2.13. The molecule has 3 rings (SSSR count). The smallest absolute Gasteiger partial charge is 0.0959 e. The van der Waals surface area contributed by atoms with Gasteiger partial charge in [0, 0.05) is 11.3 Å². The minimum absolute atomic E-state index is 0.559. The molecule has 1 N–H and O–H groups in total. The summed E-state index contributed by atoms with van der Waals surface area (Å²) in [6.07, 6.45) is 5.31. The lowest BCUT2D eigenvalue weighted by atomic mass is 10.2. The molecule has 2 fully saturated rings. The van der Waals surface area contributed by atoms with Crippen LogP contribution in [0.5, 0.6) is 0 Å². The fraction of sp³-hybridized carbons (Fsp3) is 0.700. The second-order valence-electron chi connectivity index (χ2n) is 4.03. The van der Waals surface area contributed by atoms with E-state index in [9.17, 15) is 0 Å². The first kappa shape index (κ1) is 7.94. The molecule has 1 aliphatic heterocycles. The standard InChI is InChI=1S/C10H14N2S/c1-2-8(11-5-1)9-6-13-10(12-9)7-3-4-7/h6-8,11H,1-5H2. The van der Waals surface area contributed by atoms with Crippen molar-refractivity contribution in [1.82, 2.24) is 10.3 Å². The molecule has 0 aromatic carbocycles. The van der Waals surface area contributed by atoms with Crippen molar-refractivity contribution in [2.45, 2.75) is 37.6 Å². The Bertz CT molecular complexity index is 298. The molecule has 2 nitrogen and oxygen atoms in total. The number of aromatic nitrogens is 1. The third-order valence-electron chi connectivity index (χ3n) is 2.88. The van der Waals surface area contributed by atoms with Crippen LogP contribution in [0.2, 0.25) is 0 Å². The molecule has 1 unspecified atom stereocenters. The van der Waals surface area contributed by atoms with Crippen molar-refractivity contribution < 1.29 is 0 Å². The Labute approximate surface area is 82.4 Å². The molecule has 0 spiro atoms. The highest BCUT2D eigenvalue weighted by Crippen LogP contribution is 2.42. The van der Waals surface area contributed by atoms with E-state index < -0.39 is 0 Å². The Kier molecular flexibility index (Phi) is 1.87. The summed E-state index contributed by atoms with van der Waals surface area (Å²) < 4.78 is 0.